The second-order valence-electron chi connectivity index (χ2n) is 5.12. The smallest absolute Gasteiger partial charge is 0.0346 e. The van der Waals surface area contributed by atoms with E-state index in [1.54, 1.807) is 0 Å². The van der Waals surface area contributed by atoms with E-state index in [2.05, 4.69) is 25.1 Å². The molecule has 0 aliphatic heterocycles. The minimum absolute atomic E-state index is 0.195. The van der Waals surface area contributed by atoms with Crippen molar-refractivity contribution >= 4 is 5.69 Å². The van der Waals surface area contributed by atoms with E-state index in [9.17, 15) is 0 Å². The van der Waals surface area contributed by atoms with Crippen molar-refractivity contribution in [1.29, 1.82) is 0 Å². The normalized spacial score (nSPS) is 19.6. The lowest BCUT2D eigenvalue weighted by Crippen LogP contribution is -2.37. The molecule has 2 nitrogen and oxygen atoms in total. The summed E-state index contributed by atoms with van der Waals surface area (Å²) in [6.07, 6.45) is 6.37. The molecule has 0 atom stereocenters. The summed E-state index contributed by atoms with van der Waals surface area (Å²) >= 11 is 0. The highest BCUT2D eigenvalue weighted by molar-refractivity contribution is 5.50. The summed E-state index contributed by atoms with van der Waals surface area (Å²) in [5, 5.41) is 0. The Bertz CT molecular complexity index is 365. The van der Waals surface area contributed by atoms with Gasteiger partial charge in [0, 0.05) is 17.6 Å². The maximum Gasteiger partial charge on any atom is 0.0346 e. The van der Waals surface area contributed by atoms with Crippen LogP contribution >= 0.6 is 0 Å². The lowest BCUT2D eigenvalue weighted by Gasteiger charge is -2.37. The van der Waals surface area contributed by atoms with Crippen LogP contribution in [0.4, 0.5) is 5.69 Å². The van der Waals surface area contributed by atoms with Crippen LogP contribution in [0.3, 0.4) is 0 Å². The summed E-state index contributed by atoms with van der Waals surface area (Å²) in [7, 11) is 0. The fraction of sp³-hybridized carbons (Fsp3) is 0.571. The molecule has 2 heteroatoms. The molecule has 0 aromatic heterocycles. The van der Waals surface area contributed by atoms with E-state index in [1.165, 1.54) is 37.7 Å². The summed E-state index contributed by atoms with van der Waals surface area (Å²) in [4.78, 5) is 0. The molecule has 0 bridgehead atoms. The maximum absolute atomic E-state index is 6.02. The Morgan fingerprint density at radius 1 is 1.19 bits per heavy atom. The Morgan fingerprint density at radius 2 is 1.88 bits per heavy atom. The molecule has 16 heavy (non-hydrogen) atoms. The average molecular weight is 218 g/mol. The summed E-state index contributed by atoms with van der Waals surface area (Å²) in [6, 6.07) is 6.47. The van der Waals surface area contributed by atoms with Crippen LogP contribution in [0.15, 0.2) is 18.2 Å². The number of rotatable bonds is 2. The number of aryl methyl sites for hydroxylation is 1. The van der Waals surface area contributed by atoms with Gasteiger partial charge in [-0.05, 0) is 37.0 Å². The number of anilines is 1. The zero-order chi connectivity index (χ0) is 11.6. The van der Waals surface area contributed by atoms with E-state index < -0.39 is 0 Å². The second-order valence-corrected chi connectivity index (χ2v) is 5.12. The third-order valence-electron chi connectivity index (χ3n) is 4.09. The van der Waals surface area contributed by atoms with Gasteiger partial charge in [0.05, 0.1) is 0 Å². The molecule has 1 aliphatic carbocycles. The highest BCUT2D eigenvalue weighted by atomic mass is 14.6. The lowest BCUT2D eigenvalue weighted by molar-refractivity contribution is 0.301. The van der Waals surface area contributed by atoms with Crippen LogP contribution in [0.2, 0.25) is 0 Å². The van der Waals surface area contributed by atoms with E-state index in [1.807, 2.05) is 0 Å². The first-order valence-electron chi connectivity index (χ1n) is 6.25. The van der Waals surface area contributed by atoms with Gasteiger partial charge in [-0.2, -0.15) is 0 Å². The van der Waals surface area contributed by atoms with Gasteiger partial charge in [0.1, 0.15) is 0 Å². The van der Waals surface area contributed by atoms with Crippen molar-refractivity contribution in [2.75, 3.05) is 12.3 Å². The number of hydrogen-bond acceptors (Lipinski definition) is 2. The Labute approximate surface area is 98.0 Å². The number of benzene rings is 1. The van der Waals surface area contributed by atoms with Gasteiger partial charge in [0.2, 0.25) is 0 Å². The quantitative estimate of drug-likeness (QED) is 0.750. The maximum atomic E-state index is 6.02. The predicted molar refractivity (Wildman–Crippen MR) is 69.4 cm³/mol. The first-order chi connectivity index (χ1) is 7.68. The minimum atomic E-state index is 0.195. The van der Waals surface area contributed by atoms with E-state index in [0.29, 0.717) is 0 Å². The third-order valence-corrected chi connectivity index (χ3v) is 4.09. The van der Waals surface area contributed by atoms with Crippen LogP contribution in [0.1, 0.15) is 43.2 Å². The van der Waals surface area contributed by atoms with Crippen LogP contribution in [-0.2, 0) is 5.41 Å². The van der Waals surface area contributed by atoms with Gasteiger partial charge in [-0.1, -0.05) is 31.4 Å². The lowest BCUT2D eigenvalue weighted by atomic mass is 9.69. The zero-order valence-electron chi connectivity index (χ0n) is 10.1. The Balaban J connectivity index is 2.35. The van der Waals surface area contributed by atoms with Gasteiger partial charge < -0.3 is 11.5 Å². The van der Waals surface area contributed by atoms with Crippen LogP contribution in [0.25, 0.3) is 0 Å². The van der Waals surface area contributed by atoms with Gasteiger partial charge in [-0.15, -0.1) is 0 Å². The molecule has 4 N–H and O–H groups in total. The molecule has 1 aromatic carbocycles. The van der Waals surface area contributed by atoms with Crippen molar-refractivity contribution in [3.05, 3.63) is 29.3 Å². The summed E-state index contributed by atoms with van der Waals surface area (Å²) in [5.41, 5.74) is 15.6. The average Bonchev–Trinajstić information content (AvgIpc) is 2.33. The zero-order valence-corrected chi connectivity index (χ0v) is 10.1. The molecular weight excluding hydrogens is 196 g/mol. The highest BCUT2D eigenvalue weighted by Crippen LogP contribution is 2.39. The van der Waals surface area contributed by atoms with E-state index in [-0.39, 0.29) is 5.41 Å². The Morgan fingerprint density at radius 3 is 2.44 bits per heavy atom. The van der Waals surface area contributed by atoms with Crippen molar-refractivity contribution in [3.63, 3.8) is 0 Å². The van der Waals surface area contributed by atoms with Crippen molar-refractivity contribution in [2.24, 2.45) is 5.73 Å². The fourth-order valence-corrected chi connectivity index (χ4v) is 2.81. The second kappa shape index (κ2) is 4.46. The predicted octanol–water partition coefficient (Wildman–Crippen LogP) is 2.74. The van der Waals surface area contributed by atoms with E-state index in [4.69, 9.17) is 11.5 Å². The van der Waals surface area contributed by atoms with Gasteiger partial charge >= 0.3 is 0 Å². The topological polar surface area (TPSA) is 52.0 Å². The molecule has 1 aromatic rings. The molecule has 0 saturated heterocycles. The van der Waals surface area contributed by atoms with E-state index in [0.717, 1.165) is 17.8 Å². The first-order valence-corrected chi connectivity index (χ1v) is 6.25. The minimum Gasteiger partial charge on any atom is -0.399 e. The van der Waals surface area contributed by atoms with Crippen molar-refractivity contribution in [1.82, 2.24) is 0 Å². The van der Waals surface area contributed by atoms with Crippen molar-refractivity contribution in [2.45, 2.75) is 44.4 Å². The summed E-state index contributed by atoms with van der Waals surface area (Å²) < 4.78 is 0. The summed E-state index contributed by atoms with van der Waals surface area (Å²) in [5.74, 6) is 0. The largest absolute Gasteiger partial charge is 0.399 e. The molecule has 2 rings (SSSR count). The van der Waals surface area contributed by atoms with E-state index >= 15 is 0 Å². The fourth-order valence-electron chi connectivity index (χ4n) is 2.81. The van der Waals surface area contributed by atoms with Gasteiger partial charge in [0.25, 0.3) is 0 Å². The number of hydrogen-bond donors (Lipinski definition) is 2. The molecule has 88 valence electrons. The molecule has 1 aliphatic rings. The number of nitrogen functional groups attached to an aromatic ring is 1. The molecule has 1 saturated carbocycles. The van der Waals surface area contributed by atoms with Crippen LogP contribution in [-0.4, -0.2) is 6.54 Å². The van der Waals surface area contributed by atoms with Crippen molar-refractivity contribution < 1.29 is 0 Å². The van der Waals surface area contributed by atoms with Gasteiger partial charge in [-0.25, -0.2) is 0 Å². The molecule has 0 heterocycles. The third kappa shape index (κ3) is 1.94. The standard InChI is InChI=1S/C14H22N2/c1-11-5-6-12(9-13(11)16)14(10-15)7-3-2-4-8-14/h5-6,9H,2-4,7-8,10,15-16H2,1H3. The molecular formula is C14H22N2. The van der Waals surface area contributed by atoms with Crippen LogP contribution in [0.5, 0.6) is 0 Å². The Hall–Kier alpha value is -1.02. The summed E-state index contributed by atoms with van der Waals surface area (Å²) in [6.45, 7) is 2.80. The molecule has 0 radical (unpaired) electrons. The number of nitrogens with two attached hydrogens (primary N) is 2. The van der Waals surface area contributed by atoms with Crippen molar-refractivity contribution in [3.8, 4) is 0 Å². The molecule has 1 fully saturated rings. The molecule has 0 amide bonds. The molecule has 0 unspecified atom stereocenters. The van der Waals surface area contributed by atoms with Crippen LogP contribution < -0.4 is 11.5 Å². The highest BCUT2D eigenvalue weighted by Gasteiger charge is 2.32. The monoisotopic (exact) mass is 218 g/mol. The molecule has 0 spiro atoms. The van der Waals surface area contributed by atoms with Crippen LogP contribution in [0, 0.1) is 6.92 Å². The van der Waals surface area contributed by atoms with Gasteiger partial charge in [0.15, 0.2) is 0 Å². The first kappa shape index (κ1) is 11.5. The van der Waals surface area contributed by atoms with Gasteiger partial charge in [-0.3, -0.25) is 0 Å². The Kier molecular flexibility index (Phi) is 3.20. The SMILES string of the molecule is Cc1ccc(C2(CN)CCCCC2)cc1N.